The Balaban J connectivity index is 4.25. The van der Waals surface area contributed by atoms with Crippen LogP contribution in [0.2, 0.25) is 0 Å². The van der Waals surface area contributed by atoms with Crippen LogP contribution in [0.1, 0.15) is 34.1 Å². The fraction of sp³-hybridized carbons (Fsp3) is 0.909. The first-order valence-electron chi connectivity index (χ1n) is 5.29. The summed E-state index contributed by atoms with van der Waals surface area (Å²) in [5.74, 6) is 0.719. The van der Waals surface area contributed by atoms with E-state index in [1.54, 1.807) is 0 Å². The maximum atomic E-state index is 11.9. The minimum absolute atomic E-state index is 0.153. The first-order chi connectivity index (χ1) is 6.35. The molecule has 0 aromatic carbocycles. The lowest BCUT2D eigenvalue weighted by Gasteiger charge is -2.30. The lowest BCUT2D eigenvalue weighted by Crippen LogP contribution is -2.52. The molecule has 0 rings (SSSR count). The second-order valence-electron chi connectivity index (χ2n) is 4.57. The van der Waals surface area contributed by atoms with Crippen molar-refractivity contribution in [2.75, 3.05) is 20.6 Å². The fourth-order valence-corrected chi connectivity index (χ4v) is 1.26. The predicted molar refractivity (Wildman–Crippen MR) is 60.2 cm³/mol. The minimum atomic E-state index is -0.456. The Labute approximate surface area is 87.9 Å². The summed E-state index contributed by atoms with van der Waals surface area (Å²) in [7, 11) is 3.68. The first-order valence-corrected chi connectivity index (χ1v) is 5.29. The molecule has 0 aliphatic heterocycles. The van der Waals surface area contributed by atoms with Crippen LogP contribution in [-0.2, 0) is 4.79 Å². The molecule has 0 radical (unpaired) electrons. The molecular formula is C11H24N2O. The average Bonchev–Trinajstić information content (AvgIpc) is 2.16. The Morgan fingerprint density at radius 3 is 2.36 bits per heavy atom. The van der Waals surface area contributed by atoms with Gasteiger partial charge in [0.15, 0.2) is 0 Å². The van der Waals surface area contributed by atoms with Gasteiger partial charge in [-0.3, -0.25) is 4.79 Å². The first kappa shape index (κ1) is 13.4. The van der Waals surface area contributed by atoms with Crippen molar-refractivity contribution in [3.8, 4) is 0 Å². The standard InChI is InChI=1S/C11H24N2O/c1-7-9(2)8-13(6)10(14)11(3,4)12-5/h9,12H,7-8H2,1-6H3. The number of hydrogen-bond acceptors (Lipinski definition) is 2. The van der Waals surface area contributed by atoms with Crippen molar-refractivity contribution < 1.29 is 4.79 Å². The summed E-state index contributed by atoms with van der Waals surface area (Å²) in [5.41, 5.74) is -0.456. The smallest absolute Gasteiger partial charge is 0.242 e. The summed E-state index contributed by atoms with van der Waals surface area (Å²) in [6.07, 6.45) is 1.11. The number of rotatable bonds is 5. The van der Waals surface area contributed by atoms with Gasteiger partial charge in [0.1, 0.15) is 0 Å². The van der Waals surface area contributed by atoms with E-state index in [0.717, 1.165) is 13.0 Å². The molecule has 0 aromatic heterocycles. The quantitative estimate of drug-likeness (QED) is 0.729. The Morgan fingerprint density at radius 1 is 1.50 bits per heavy atom. The molecule has 3 heteroatoms. The van der Waals surface area contributed by atoms with Crippen molar-refractivity contribution in [3.63, 3.8) is 0 Å². The van der Waals surface area contributed by atoms with Gasteiger partial charge in [-0.15, -0.1) is 0 Å². The predicted octanol–water partition coefficient (Wildman–Crippen LogP) is 1.49. The van der Waals surface area contributed by atoms with Gasteiger partial charge in [0.05, 0.1) is 5.54 Å². The Hall–Kier alpha value is -0.570. The lowest BCUT2D eigenvalue weighted by atomic mass is 10.0. The number of carbonyl (C=O) groups excluding carboxylic acids is 1. The normalized spacial score (nSPS) is 13.9. The van der Waals surface area contributed by atoms with E-state index in [1.807, 2.05) is 32.8 Å². The van der Waals surface area contributed by atoms with Crippen LogP contribution in [0, 0.1) is 5.92 Å². The second-order valence-corrected chi connectivity index (χ2v) is 4.57. The molecule has 84 valence electrons. The Bertz CT molecular complexity index is 190. The summed E-state index contributed by atoms with van der Waals surface area (Å²) in [6, 6.07) is 0. The topological polar surface area (TPSA) is 32.3 Å². The fourth-order valence-electron chi connectivity index (χ4n) is 1.26. The van der Waals surface area contributed by atoms with Crippen molar-refractivity contribution in [2.24, 2.45) is 5.92 Å². The molecule has 0 heterocycles. The highest BCUT2D eigenvalue weighted by Gasteiger charge is 2.28. The molecule has 1 amide bonds. The molecule has 0 aliphatic carbocycles. The van der Waals surface area contributed by atoms with E-state index in [-0.39, 0.29) is 5.91 Å². The van der Waals surface area contributed by atoms with Gasteiger partial charge in [-0.05, 0) is 26.8 Å². The number of nitrogens with one attached hydrogen (secondary N) is 1. The van der Waals surface area contributed by atoms with Gasteiger partial charge in [-0.2, -0.15) is 0 Å². The summed E-state index contributed by atoms with van der Waals surface area (Å²) >= 11 is 0. The molecule has 1 unspecified atom stereocenters. The van der Waals surface area contributed by atoms with E-state index >= 15 is 0 Å². The van der Waals surface area contributed by atoms with Crippen LogP contribution in [0.15, 0.2) is 0 Å². The summed E-state index contributed by atoms with van der Waals surface area (Å²) < 4.78 is 0. The van der Waals surface area contributed by atoms with E-state index in [1.165, 1.54) is 0 Å². The van der Waals surface area contributed by atoms with Crippen LogP contribution < -0.4 is 5.32 Å². The van der Waals surface area contributed by atoms with Crippen LogP contribution in [-0.4, -0.2) is 37.0 Å². The van der Waals surface area contributed by atoms with E-state index in [4.69, 9.17) is 0 Å². The Morgan fingerprint density at radius 2 is 2.00 bits per heavy atom. The van der Waals surface area contributed by atoms with Gasteiger partial charge >= 0.3 is 0 Å². The van der Waals surface area contributed by atoms with Gasteiger partial charge in [0, 0.05) is 13.6 Å². The molecule has 0 aliphatic rings. The number of hydrogen-bond donors (Lipinski definition) is 1. The van der Waals surface area contributed by atoms with Crippen molar-refractivity contribution in [1.82, 2.24) is 10.2 Å². The van der Waals surface area contributed by atoms with Crippen LogP contribution in [0.4, 0.5) is 0 Å². The summed E-state index contributed by atoms with van der Waals surface area (Å²) in [4.78, 5) is 13.7. The summed E-state index contributed by atoms with van der Waals surface area (Å²) in [6.45, 7) is 8.95. The highest BCUT2D eigenvalue weighted by molar-refractivity contribution is 5.85. The molecule has 0 fully saturated rings. The third-order valence-electron chi connectivity index (χ3n) is 2.79. The molecule has 1 N–H and O–H groups in total. The maximum Gasteiger partial charge on any atom is 0.242 e. The van der Waals surface area contributed by atoms with Gasteiger partial charge < -0.3 is 10.2 Å². The van der Waals surface area contributed by atoms with Crippen LogP contribution in [0.25, 0.3) is 0 Å². The molecule has 0 saturated carbocycles. The lowest BCUT2D eigenvalue weighted by molar-refractivity contribution is -0.136. The van der Waals surface area contributed by atoms with Gasteiger partial charge in [-0.1, -0.05) is 20.3 Å². The molecule has 14 heavy (non-hydrogen) atoms. The second kappa shape index (κ2) is 5.35. The zero-order valence-corrected chi connectivity index (χ0v) is 10.3. The molecule has 0 spiro atoms. The van der Waals surface area contributed by atoms with Gasteiger partial charge in [0.25, 0.3) is 0 Å². The van der Waals surface area contributed by atoms with Crippen molar-refractivity contribution >= 4 is 5.91 Å². The maximum absolute atomic E-state index is 11.9. The number of amides is 1. The molecule has 1 atom stereocenters. The molecular weight excluding hydrogens is 176 g/mol. The molecule has 0 aromatic rings. The monoisotopic (exact) mass is 200 g/mol. The number of nitrogens with zero attached hydrogens (tertiary/aromatic N) is 1. The molecule has 0 bridgehead atoms. The average molecular weight is 200 g/mol. The van der Waals surface area contributed by atoms with E-state index in [2.05, 4.69) is 19.2 Å². The molecule has 0 saturated heterocycles. The number of carbonyl (C=O) groups is 1. The SMILES string of the molecule is CCC(C)CN(C)C(=O)C(C)(C)NC. The van der Waals surface area contributed by atoms with Crippen LogP contribution >= 0.6 is 0 Å². The van der Waals surface area contributed by atoms with E-state index < -0.39 is 5.54 Å². The zero-order chi connectivity index (χ0) is 11.4. The van der Waals surface area contributed by atoms with E-state index in [9.17, 15) is 4.79 Å². The highest BCUT2D eigenvalue weighted by Crippen LogP contribution is 2.09. The highest BCUT2D eigenvalue weighted by atomic mass is 16.2. The van der Waals surface area contributed by atoms with Gasteiger partial charge in [-0.25, -0.2) is 0 Å². The molecule has 3 nitrogen and oxygen atoms in total. The van der Waals surface area contributed by atoms with E-state index in [0.29, 0.717) is 5.92 Å². The van der Waals surface area contributed by atoms with Gasteiger partial charge in [0.2, 0.25) is 5.91 Å². The third kappa shape index (κ3) is 3.66. The van der Waals surface area contributed by atoms with Crippen LogP contribution in [0.3, 0.4) is 0 Å². The summed E-state index contributed by atoms with van der Waals surface area (Å²) in [5, 5.41) is 3.02. The Kier molecular flexibility index (Phi) is 5.13. The van der Waals surface area contributed by atoms with Crippen molar-refractivity contribution in [2.45, 2.75) is 39.7 Å². The van der Waals surface area contributed by atoms with Crippen molar-refractivity contribution in [1.29, 1.82) is 0 Å². The minimum Gasteiger partial charge on any atom is -0.344 e. The van der Waals surface area contributed by atoms with Crippen molar-refractivity contribution in [3.05, 3.63) is 0 Å². The van der Waals surface area contributed by atoms with Crippen LogP contribution in [0.5, 0.6) is 0 Å². The zero-order valence-electron chi connectivity index (χ0n) is 10.3. The number of likely N-dealkylation sites (N-methyl/N-ethyl adjacent to an activating group) is 2. The largest absolute Gasteiger partial charge is 0.344 e. The third-order valence-corrected chi connectivity index (χ3v) is 2.79.